The summed E-state index contributed by atoms with van der Waals surface area (Å²) in [6.45, 7) is 5.68. The molecule has 1 aromatic rings. The van der Waals surface area contributed by atoms with Crippen molar-refractivity contribution in [2.24, 2.45) is 0 Å². The minimum Gasteiger partial charge on any atom is -0.497 e. The van der Waals surface area contributed by atoms with Crippen molar-refractivity contribution in [3.05, 3.63) is 28.8 Å². The molecule has 1 heterocycles. The summed E-state index contributed by atoms with van der Waals surface area (Å²) in [6, 6.07) is 6.08. The maximum Gasteiger partial charge on any atom is 0.227 e. The molecule has 1 aromatic carbocycles. The van der Waals surface area contributed by atoms with Crippen LogP contribution >= 0.6 is 11.6 Å². The molecule has 0 spiro atoms. The molecule has 20 heavy (non-hydrogen) atoms. The third-order valence-electron chi connectivity index (χ3n) is 3.51. The van der Waals surface area contributed by atoms with Crippen LogP contribution in [-0.4, -0.2) is 43.1 Å². The fourth-order valence-corrected chi connectivity index (χ4v) is 2.84. The van der Waals surface area contributed by atoms with E-state index in [0.29, 0.717) is 29.3 Å². The number of nitrogens with one attached hydrogen (secondary N) is 1. The van der Waals surface area contributed by atoms with Crippen molar-refractivity contribution in [2.45, 2.75) is 32.4 Å². The number of nitrogens with zero attached hydrogens (tertiary/aromatic N) is 1. The second-order valence-electron chi connectivity index (χ2n) is 5.40. The lowest BCUT2D eigenvalue weighted by Crippen LogP contribution is -2.56. The van der Waals surface area contributed by atoms with Gasteiger partial charge in [0.05, 0.1) is 13.5 Å². The van der Waals surface area contributed by atoms with E-state index in [1.807, 2.05) is 17.0 Å². The molecule has 1 fully saturated rings. The summed E-state index contributed by atoms with van der Waals surface area (Å²) < 4.78 is 5.11. The van der Waals surface area contributed by atoms with Crippen LogP contribution in [0.3, 0.4) is 0 Å². The molecule has 0 saturated carbocycles. The van der Waals surface area contributed by atoms with Crippen LogP contribution in [0.25, 0.3) is 0 Å². The van der Waals surface area contributed by atoms with Gasteiger partial charge in [0.15, 0.2) is 0 Å². The first kappa shape index (κ1) is 15.1. The Morgan fingerprint density at radius 1 is 1.40 bits per heavy atom. The maximum absolute atomic E-state index is 12.4. The smallest absolute Gasteiger partial charge is 0.227 e. The van der Waals surface area contributed by atoms with Crippen molar-refractivity contribution in [3.63, 3.8) is 0 Å². The van der Waals surface area contributed by atoms with Gasteiger partial charge in [-0.05, 0) is 31.5 Å². The van der Waals surface area contributed by atoms with E-state index >= 15 is 0 Å². The number of hydrogen-bond acceptors (Lipinski definition) is 3. The predicted molar refractivity (Wildman–Crippen MR) is 80.3 cm³/mol. The van der Waals surface area contributed by atoms with Gasteiger partial charge in [0.1, 0.15) is 5.75 Å². The minimum absolute atomic E-state index is 0.122. The van der Waals surface area contributed by atoms with Gasteiger partial charge in [-0.2, -0.15) is 0 Å². The van der Waals surface area contributed by atoms with E-state index < -0.39 is 0 Å². The lowest BCUT2D eigenvalue weighted by molar-refractivity contribution is -0.132. The van der Waals surface area contributed by atoms with Crippen LogP contribution in [0.2, 0.25) is 5.02 Å². The van der Waals surface area contributed by atoms with Crippen molar-refractivity contribution >= 4 is 17.5 Å². The Labute approximate surface area is 125 Å². The van der Waals surface area contributed by atoms with Crippen molar-refractivity contribution in [1.29, 1.82) is 0 Å². The summed E-state index contributed by atoms with van der Waals surface area (Å²) in [4.78, 5) is 14.3. The number of amides is 1. The zero-order chi connectivity index (χ0) is 14.7. The van der Waals surface area contributed by atoms with Gasteiger partial charge in [0, 0.05) is 30.2 Å². The maximum atomic E-state index is 12.4. The summed E-state index contributed by atoms with van der Waals surface area (Å²) in [5.41, 5.74) is 0.844. The van der Waals surface area contributed by atoms with Crippen LogP contribution in [-0.2, 0) is 11.2 Å². The number of carbonyl (C=O) groups excluding carboxylic acids is 1. The van der Waals surface area contributed by atoms with Gasteiger partial charge in [-0.1, -0.05) is 17.7 Å². The Kier molecular flexibility index (Phi) is 4.89. The molecule has 1 saturated heterocycles. The molecule has 2 atom stereocenters. The van der Waals surface area contributed by atoms with E-state index in [9.17, 15) is 4.79 Å². The predicted octanol–water partition coefficient (Wildman–Crippen LogP) is 2.10. The summed E-state index contributed by atoms with van der Waals surface area (Å²) in [6.07, 6.45) is 0.336. The summed E-state index contributed by atoms with van der Waals surface area (Å²) >= 11 is 6.19. The minimum atomic E-state index is 0.122. The number of piperazine rings is 1. The summed E-state index contributed by atoms with van der Waals surface area (Å²) in [5.74, 6) is 0.827. The van der Waals surface area contributed by atoms with Gasteiger partial charge in [-0.3, -0.25) is 4.79 Å². The highest BCUT2D eigenvalue weighted by Crippen LogP contribution is 2.23. The first-order valence-corrected chi connectivity index (χ1v) is 7.23. The molecule has 0 aliphatic carbocycles. The molecule has 0 bridgehead atoms. The third kappa shape index (κ3) is 3.64. The Balaban J connectivity index is 2.04. The molecule has 110 valence electrons. The van der Waals surface area contributed by atoms with Gasteiger partial charge in [0.2, 0.25) is 5.91 Å². The standard InChI is InChI=1S/C15H21ClN2O2/c1-10-8-18(9-11(2)17-10)15(19)6-12-4-5-13(20-3)7-14(12)16/h4-5,7,10-11,17H,6,8-9H2,1-3H3/t10-,11+. The topological polar surface area (TPSA) is 41.6 Å². The van der Waals surface area contributed by atoms with Gasteiger partial charge in [0.25, 0.3) is 0 Å². The van der Waals surface area contributed by atoms with Crippen molar-refractivity contribution in [1.82, 2.24) is 10.2 Å². The first-order valence-electron chi connectivity index (χ1n) is 6.86. The molecular formula is C15H21ClN2O2. The lowest BCUT2D eigenvalue weighted by Gasteiger charge is -2.36. The molecule has 1 aliphatic heterocycles. The zero-order valence-corrected chi connectivity index (χ0v) is 12.9. The highest BCUT2D eigenvalue weighted by atomic mass is 35.5. The number of benzene rings is 1. The Morgan fingerprint density at radius 3 is 2.60 bits per heavy atom. The van der Waals surface area contributed by atoms with Gasteiger partial charge in [-0.15, -0.1) is 0 Å². The highest BCUT2D eigenvalue weighted by molar-refractivity contribution is 6.31. The van der Waals surface area contributed by atoms with Crippen LogP contribution in [0.1, 0.15) is 19.4 Å². The Morgan fingerprint density at radius 2 is 2.05 bits per heavy atom. The van der Waals surface area contributed by atoms with Gasteiger partial charge in [-0.25, -0.2) is 0 Å². The van der Waals surface area contributed by atoms with Gasteiger partial charge >= 0.3 is 0 Å². The normalized spacial score (nSPS) is 22.7. The van der Waals surface area contributed by atoms with E-state index in [-0.39, 0.29) is 5.91 Å². The molecule has 1 amide bonds. The van der Waals surface area contributed by atoms with Crippen LogP contribution in [0.4, 0.5) is 0 Å². The Hall–Kier alpha value is -1.26. The van der Waals surface area contributed by atoms with Crippen LogP contribution in [0, 0.1) is 0 Å². The number of halogens is 1. The van der Waals surface area contributed by atoms with Crippen LogP contribution in [0.5, 0.6) is 5.75 Å². The second-order valence-corrected chi connectivity index (χ2v) is 5.81. The molecule has 4 nitrogen and oxygen atoms in total. The molecular weight excluding hydrogens is 276 g/mol. The molecule has 1 aliphatic rings. The summed E-state index contributed by atoms with van der Waals surface area (Å²) in [7, 11) is 1.60. The van der Waals surface area contributed by atoms with E-state index in [0.717, 1.165) is 18.7 Å². The fourth-order valence-electron chi connectivity index (χ4n) is 2.60. The van der Waals surface area contributed by atoms with E-state index in [1.165, 1.54) is 0 Å². The second kappa shape index (κ2) is 6.46. The van der Waals surface area contributed by atoms with E-state index in [4.69, 9.17) is 16.3 Å². The fraction of sp³-hybridized carbons (Fsp3) is 0.533. The first-order chi connectivity index (χ1) is 9.49. The monoisotopic (exact) mass is 296 g/mol. The SMILES string of the molecule is COc1ccc(CC(=O)N2C[C@@H](C)N[C@@H](C)C2)c(Cl)c1. The van der Waals surface area contributed by atoms with Gasteiger partial charge < -0.3 is 15.0 Å². The van der Waals surface area contributed by atoms with Crippen molar-refractivity contribution in [3.8, 4) is 5.75 Å². The zero-order valence-electron chi connectivity index (χ0n) is 12.1. The molecule has 0 unspecified atom stereocenters. The highest BCUT2D eigenvalue weighted by Gasteiger charge is 2.25. The third-order valence-corrected chi connectivity index (χ3v) is 3.86. The number of ether oxygens (including phenoxy) is 1. The molecule has 0 aromatic heterocycles. The van der Waals surface area contributed by atoms with Crippen LogP contribution < -0.4 is 10.1 Å². The molecule has 0 radical (unpaired) electrons. The quantitative estimate of drug-likeness (QED) is 0.929. The summed E-state index contributed by atoms with van der Waals surface area (Å²) in [5, 5.41) is 4.00. The van der Waals surface area contributed by atoms with Crippen LogP contribution in [0.15, 0.2) is 18.2 Å². The van der Waals surface area contributed by atoms with Crippen molar-refractivity contribution < 1.29 is 9.53 Å². The van der Waals surface area contributed by atoms with E-state index in [1.54, 1.807) is 13.2 Å². The average Bonchev–Trinajstić information content (AvgIpc) is 2.39. The molecule has 5 heteroatoms. The number of hydrogen-bond donors (Lipinski definition) is 1. The average molecular weight is 297 g/mol. The number of rotatable bonds is 3. The molecule has 1 N–H and O–H groups in total. The number of methoxy groups -OCH3 is 1. The largest absolute Gasteiger partial charge is 0.497 e. The molecule has 2 rings (SSSR count). The Bertz CT molecular complexity index is 483. The van der Waals surface area contributed by atoms with E-state index in [2.05, 4.69) is 19.2 Å². The lowest BCUT2D eigenvalue weighted by atomic mass is 10.1. The van der Waals surface area contributed by atoms with Crippen molar-refractivity contribution in [2.75, 3.05) is 20.2 Å². The number of carbonyl (C=O) groups is 1.